The highest BCUT2D eigenvalue weighted by molar-refractivity contribution is 6.51. The number of aliphatic imine (C=N–C) groups is 1. The zero-order valence-electron chi connectivity index (χ0n) is 10.6. The van der Waals surface area contributed by atoms with Gasteiger partial charge < -0.3 is 0 Å². The molecule has 2 aliphatic heterocycles. The molecule has 0 bridgehead atoms. The van der Waals surface area contributed by atoms with Crippen molar-refractivity contribution in [2.24, 2.45) is 10.1 Å². The zero-order chi connectivity index (χ0) is 13.6. The second-order valence-electron chi connectivity index (χ2n) is 4.33. The van der Waals surface area contributed by atoms with Crippen LogP contribution in [0.25, 0.3) is 0 Å². The SMILES string of the molecule is CC(=O)C1=NN(C(C)=O)[C@@H]2C(=O)C(C)=NC(C)=C12. The van der Waals surface area contributed by atoms with Gasteiger partial charge in [0.15, 0.2) is 5.78 Å². The van der Waals surface area contributed by atoms with Crippen LogP contribution < -0.4 is 0 Å². The third kappa shape index (κ3) is 1.61. The second kappa shape index (κ2) is 3.97. The van der Waals surface area contributed by atoms with Crippen molar-refractivity contribution in [3.05, 3.63) is 11.3 Å². The van der Waals surface area contributed by atoms with Crippen LogP contribution >= 0.6 is 0 Å². The molecular formula is C12H13N3O3. The van der Waals surface area contributed by atoms with Crippen LogP contribution in [0, 0.1) is 0 Å². The fraction of sp³-hybridized carbons (Fsp3) is 0.417. The first kappa shape index (κ1) is 12.3. The maximum atomic E-state index is 12.1. The van der Waals surface area contributed by atoms with Crippen LogP contribution in [0.3, 0.4) is 0 Å². The number of carbonyl (C=O) groups is 3. The van der Waals surface area contributed by atoms with Crippen LogP contribution in [-0.2, 0) is 14.4 Å². The molecule has 0 N–H and O–H groups in total. The molecule has 0 aromatic carbocycles. The number of rotatable bonds is 1. The number of hydrazone groups is 1. The minimum absolute atomic E-state index is 0.150. The van der Waals surface area contributed by atoms with Gasteiger partial charge in [-0.3, -0.25) is 19.4 Å². The van der Waals surface area contributed by atoms with Crippen LogP contribution in [0.1, 0.15) is 27.7 Å². The van der Waals surface area contributed by atoms with E-state index >= 15 is 0 Å². The van der Waals surface area contributed by atoms with Gasteiger partial charge in [0.1, 0.15) is 11.8 Å². The Morgan fingerprint density at radius 1 is 1.22 bits per heavy atom. The van der Waals surface area contributed by atoms with Gasteiger partial charge >= 0.3 is 0 Å². The molecule has 0 aromatic heterocycles. The van der Waals surface area contributed by atoms with E-state index in [1.807, 2.05) is 0 Å². The summed E-state index contributed by atoms with van der Waals surface area (Å²) in [5, 5.41) is 5.03. The van der Waals surface area contributed by atoms with E-state index in [2.05, 4.69) is 10.1 Å². The standard InChI is InChI=1S/C12H13N3O3/c1-5-9-10(7(3)16)14-15(8(4)17)11(9)12(18)6(2)13-5/h11H,1-4H3/t11-/m0/s1. The highest BCUT2D eigenvalue weighted by Gasteiger charge is 2.44. The lowest BCUT2D eigenvalue weighted by Crippen LogP contribution is -2.43. The normalized spacial score (nSPS) is 22.8. The highest BCUT2D eigenvalue weighted by atomic mass is 16.2. The molecule has 0 saturated carbocycles. The molecule has 1 atom stereocenters. The number of Topliss-reactive ketones (excluding diaryl/α,β-unsaturated/α-hetero) is 2. The molecule has 0 saturated heterocycles. The van der Waals surface area contributed by atoms with E-state index in [1.54, 1.807) is 13.8 Å². The highest BCUT2D eigenvalue weighted by Crippen LogP contribution is 2.29. The van der Waals surface area contributed by atoms with Crippen LogP contribution in [0.4, 0.5) is 0 Å². The summed E-state index contributed by atoms with van der Waals surface area (Å²) >= 11 is 0. The van der Waals surface area contributed by atoms with Gasteiger partial charge in [-0.05, 0) is 13.8 Å². The van der Waals surface area contributed by atoms with E-state index in [9.17, 15) is 14.4 Å². The first-order chi connectivity index (χ1) is 8.34. The van der Waals surface area contributed by atoms with Gasteiger partial charge in [0, 0.05) is 25.1 Å². The van der Waals surface area contributed by atoms with Crippen molar-refractivity contribution in [1.29, 1.82) is 0 Å². The molecule has 0 spiro atoms. The maximum absolute atomic E-state index is 12.1. The molecule has 94 valence electrons. The smallest absolute Gasteiger partial charge is 0.240 e. The Morgan fingerprint density at radius 2 is 1.83 bits per heavy atom. The van der Waals surface area contributed by atoms with Crippen molar-refractivity contribution in [2.75, 3.05) is 0 Å². The molecule has 1 amide bonds. The number of allylic oxidation sites excluding steroid dienone is 1. The Kier molecular flexibility index (Phi) is 2.73. The van der Waals surface area contributed by atoms with Gasteiger partial charge in [0.05, 0.1) is 5.71 Å². The average molecular weight is 247 g/mol. The van der Waals surface area contributed by atoms with Crippen molar-refractivity contribution >= 4 is 28.9 Å². The van der Waals surface area contributed by atoms with Crippen LogP contribution in [0.15, 0.2) is 21.4 Å². The molecule has 0 aromatic rings. The number of nitrogens with zero attached hydrogens (tertiary/aromatic N) is 3. The van der Waals surface area contributed by atoms with E-state index in [4.69, 9.17) is 0 Å². The summed E-state index contributed by atoms with van der Waals surface area (Å²) in [5.74, 6) is -0.934. The molecule has 2 aliphatic rings. The number of hydrogen-bond acceptors (Lipinski definition) is 5. The minimum Gasteiger partial charge on any atom is -0.293 e. The average Bonchev–Trinajstić information content (AvgIpc) is 2.66. The third-order valence-corrected chi connectivity index (χ3v) is 2.97. The first-order valence-electron chi connectivity index (χ1n) is 5.54. The summed E-state index contributed by atoms with van der Waals surface area (Å²) in [6.45, 7) is 5.97. The fourth-order valence-corrected chi connectivity index (χ4v) is 2.16. The van der Waals surface area contributed by atoms with Gasteiger partial charge in [0.2, 0.25) is 11.7 Å². The Bertz CT molecular complexity index is 569. The Morgan fingerprint density at radius 3 is 2.33 bits per heavy atom. The first-order valence-corrected chi connectivity index (χ1v) is 5.54. The maximum Gasteiger partial charge on any atom is 0.240 e. The lowest BCUT2D eigenvalue weighted by molar-refractivity contribution is -0.133. The van der Waals surface area contributed by atoms with Gasteiger partial charge in [0.25, 0.3) is 0 Å². The van der Waals surface area contributed by atoms with Crippen molar-refractivity contribution in [1.82, 2.24) is 5.01 Å². The van der Waals surface area contributed by atoms with Gasteiger partial charge in [-0.15, -0.1) is 0 Å². The molecule has 2 rings (SSSR count). The predicted octanol–water partition coefficient (Wildman–Crippen LogP) is 0.480. The molecule has 2 heterocycles. The zero-order valence-corrected chi connectivity index (χ0v) is 10.6. The van der Waals surface area contributed by atoms with Gasteiger partial charge in [-0.2, -0.15) is 5.10 Å². The molecule has 18 heavy (non-hydrogen) atoms. The molecular weight excluding hydrogens is 234 g/mol. The fourth-order valence-electron chi connectivity index (χ4n) is 2.16. The molecule has 0 aliphatic carbocycles. The second-order valence-corrected chi connectivity index (χ2v) is 4.33. The number of amides is 1. The third-order valence-electron chi connectivity index (χ3n) is 2.97. The van der Waals surface area contributed by atoms with Crippen molar-refractivity contribution < 1.29 is 14.4 Å². The van der Waals surface area contributed by atoms with Crippen LogP contribution in [-0.4, -0.2) is 39.9 Å². The summed E-state index contributed by atoms with van der Waals surface area (Å²) in [7, 11) is 0. The summed E-state index contributed by atoms with van der Waals surface area (Å²) in [6.07, 6.45) is 0. The summed E-state index contributed by atoms with van der Waals surface area (Å²) in [4.78, 5) is 39.3. The van der Waals surface area contributed by atoms with Crippen LogP contribution in [0.5, 0.6) is 0 Å². The van der Waals surface area contributed by atoms with Crippen molar-refractivity contribution in [2.45, 2.75) is 33.7 Å². The van der Waals surface area contributed by atoms with E-state index in [1.165, 1.54) is 13.8 Å². The van der Waals surface area contributed by atoms with Gasteiger partial charge in [-0.25, -0.2) is 5.01 Å². The number of fused-ring (bicyclic) bond motifs is 1. The topological polar surface area (TPSA) is 79.2 Å². The summed E-state index contributed by atoms with van der Waals surface area (Å²) in [6, 6.07) is -0.820. The molecule has 0 radical (unpaired) electrons. The van der Waals surface area contributed by atoms with E-state index in [-0.39, 0.29) is 23.2 Å². The van der Waals surface area contributed by atoms with Crippen molar-refractivity contribution in [3.63, 3.8) is 0 Å². The van der Waals surface area contributed by atoms with Crippen molar-refractivity contribution in [3.8, 4) is 0 Å². The lowest BCUT2D eigenvalue weighted by Gasteiger charge is -2.23. The largest absolute Gasteiger partial charge is 0.293 e. The van der Waals surface area contributed by atoms with E-state index in [0.29, 0.717) is 17.0 Å². The Balaban J connectivity index is 2.64. The molecule has 0 unspecified atom stereocenters. The Hall–Kier alpha value is -2.11. The predicted molar refractivity (Wildman–Crippen MR) is 65.2 cm³/mol. The molecule has 6 heteroatoms. The minimum atomic E-state index is -0.820. The molecule has 6 nitrogen and oxygen atoms in total. The van der Waals surface area contributed by atoms with E-state index < -0.39 is 6.04 Å². The van der Waals surface area contributed by atoms with Gasteiger partial charge in [-0.1, -0.05) is 0 Å². The number of hydrogen-bond donors (Lipinski definition) is 0. The van der Waals surface area contributed by atoms with E-state index in [0.717, 1.165) is 5.01 Å². The number of ketones is 2. The number of carbonyl (C=O) groups excluding carboxylic acids is 3. The monoisotopic (exact) mass is 247 g/mol. The lowest BCUT2D eigenvalue weighted by atomic mass is 9.91. The summed E-state index contributed by atoms with van der Waals surface area (Å²) in [5.41, 5.74) is 1.49. The summed E-state index contributed by atoms with van der Waals surface area (Å²) < 4.78 is 0. The quantitative estimate of drug-likeness (QED) is 0.676. The molecule has 0 fully saturated rings. The Labute approximate surface area is 104 Å². The van der Waals surface area contributed by atoms with Crippen LogP contribution in [0.2, 0.25) is 0 Å².